The van der Waals surface area contributed by atoms with Crippen LogP contribution in [0.3, 0.4) is 0 Å². The molecule has 4 rings (SSSR count). The van der Waals surface area contributed by atoms with E-state index in [4.69, 9.17) is 28.2 Å². The van der Waals surface area contributed by atoms with Gasteiger partial charge in [0.15, 0.2) is 0 Å². The van der Waals surface area contributed by atoms with Crippen molar-refractivity contribution < 1.29 is 0 Å². The molecule has 0 bridgehead atoms. The van der Waals surface area contributed by atoms with E-state index in [1.165, 1.54) is 5.56 Å². The summed E-state index contributed by atoms with van der Waals surface area (Å²) >= 11 is 12.4. The molecule has 0 N–H and O–H groups in total. The van der Waals surface area contributed by atoms with Crippen molar-refractivity contribution in [2.24, 2.45) is 5.92 Å². The van der Waals surface area contributed by atoms with Crippen LogP contribution in [0.2, 0.25) is 0 Å². The van der Waals surface area contributed by atoms with E-state index in [1.54, 1.807) is 0 Å². The standard InChI is InChI=1S/C18H16Cl2N2/c19-18(20)11-14(18)12-22-16-9-5-4-8-15(16)21-17(22)10-13-6-2-1-3-7-13/h1-9,14H,10-12H2/t14-/m0/s1. The van der Waals surface area contributed by atoms with Crippen LogP contribution in [0.1, 0.15) is 17.8 Å². The molecule has 0 unspecified atom stereocenters. The first-order valence-electron chi connectivity index (χ1n) is 7.49. The van der Waals surface area contributed by atoms with Crippen molar-refractivity contribution in [1.82, 2.24) is 9.55 Å². The first-order chi connectivity index (χ1) is 10.6. The number of benzene rings is 2. The molecule has 0 spiro atoms. The SMILES string of the molecule is ClC1(Cl)C[C@H]1Cn1c(Cc2ccccc2)nc2ccccc21. The van der Waals surface area contributed by atoms with Crippen LogP contribution in [0.25, 0.3) is 11.0 Å². The number of imidazole rings is 1. The Labute approximate surface area is 139 Å². The Hall–Kier alpha value is -1.51. The van der Waals surface area contributed by atoms with E-state index in [1.807, 2.05) is 18.2 Å². The molecule has 0 aliphatic heterocycles. The average molecular weight is 331 g/mol. The first-order valence-corrected chi connectivity index (χ1v) is 8.25. The average Bonchev–Trinajstić information content (AvgIpc) is 2.97. The summed E-state index contributed by atoms with van der Waals surface area (Å²) in [5, 5.41) is 0. The van der Waals surface area contributed by atoms with Crippen LogP contribution < -0.4 is 0 Å². The Balaban J connectivity index is 1.73. The first kappa shape index (κ1) is 14.1. The maximum Gasteiger partial charge on any atom is 0.123 e. The van der Waals surface area contributed by atoms with Gasteiger partial charge in [-0.3, -0.25) is 0 Å². The molecule has 112 valence electrons. The number of nitrogens with zero attached hydrogens (tertiary/aromatic N) is 2. The lowest BCUT2D eigenvalue weighted by Gasteiger charge is -2.09. The van der Waals surface area contributed by atoms with Crippen LogP contribution in [0.15, 0.2) is 54.6 Å². The summed E-state index contributed by atoms with van der Waals surface area (Å²) < 4.78 is 1.72. The van der Waals surface area contributed by atoms with Crippen molar-refractivity contribution in [3.8, 4) is 0 Å². The van der Waals surface area contributed by atoms with Crippen LogP contribution in [0, 0.1) is 5.92 Å². The fraction of sp³-hybridized carbons (Fsp3) is 0.278. The molecular weight excluding hydrogens is 315 g/mol. The molecule has 0 saturated heterocycles. The molecule has 4 heteroatoms. The number of rotatable bonds is 4. The van der Waals surface area contributed by atoms with Crippen molar-refractivity contribution in [3.05, 3.63) is 66.0 Å². The zero-order valence-corrected chi connectivity index (χ0v) is 13.6. The van der Waals surface area contributed by atoms with Crippen LogP contribution >= 0.6 is 23.2 Å². The second-order valence-corrected chi connectivity index (χ2v) is 7.49. The lowest BCUT2D eigenvalue weighted by Crippen LogP contribution is -2.08. The predicted octanol–water partition coefficient (Wildman–Crippen LogP) is 4.82. The monoisotopic (exact) mass is 330 g/mol. The minimum absolute atomic E-state index is 0.308. The summed E-state index contributed by atoms with van der Waals surface area (Å²) in [6, 6.07) is 18.7. The molecule has 1 fully saturated rings. The van der Waals surface area contributed by atoms with Gasteiger partial charge in [0.1, 0.15) is 10.2 Å². The van der Waals surface area contributed by atoms with Gasteiger partial charge in [-0.05, 0) is 24.1 Å². The predicted molar refractivity (Wildman–Crippen MR) is 91.5 cm³/mol. The highest BCUT2D eigenvalue weighted by molar-refractivity contribution is 6.50. The molecule has 3 aromatic rings. The van der Waals surface area contributed by atoms with E-state index < -0.39 is 4.33 Å². The van der Waals surface area contributed by atoms with Crippen molar-refractivity contribution in [1.29, 1.82) is 0 Å². The van der Waals surface area contributed by atoms with Gasteiger partial charge < -0.3 is 4.57 Å². The summed E-state index contributed by atoms with van der Waals surface area (Å²) in [4.78, 5) is 4.81. The number of para-hydroxylation sites is 2. The highest BCUT2D eigenvalue weighted by atomic mass is 35.5. The third-order valence-electron chi connectivity index (χ3n) is 4.30. The molecule has 22 heavy (non-hydrogen) atoms. The second kappa shape index (κ2) is 5.29. The normalized spacial score (nSPS) is 19.5. The van der Waals surface area contributed by atoms with E-state index in [9.17, 15) is 0 Å². The van der Waals surface area contributed by atoms with Crippen molar-refractivity contribution in [2.45, 2.75) is 23.7 Å². The number of hydrogen-bond acceptors (Lipinski definition) is 1. The van der Waals surface area contributed by atoms with E-state index in [0.717, 1.165) is 36.2 Å². The van der Waals surface area contributed by atoms with Gasteiger partial charge in [-0.25, -0.2) is 4.98 Å². The molecule has 2 aromatic carbocycles. The lowest BCUT2D eigenvalue weighted by molar-refractivity contribution is 0.612. The van der Waals surface area contributed by atoms with Gasteiger partial charge >= 0.3 is 0 Å². The zero-order chi connectivity index (χ0) is 15.2. The van der Waals surface area contributed by atoms with E-state index in [0.29, 0.717) is 5.92 Å². The summed E-state index contributed by atoms with van der Waals surface area (Å²) in [6.07, 6.45) is 1.67. The largest absolute Gasteiger partial charge is 0.327 e. The smallest absolute Gasteiger partial charge is 0.123 e. The maximum absolute atomic E-state index is 6.22. The van der Waals surface area contributed by atoms with Gasteiger partial charge in [0.05, 0.1) is 11.0 Å². The Kier molecular flexibility index (Phi) is 3.39. The van der Waals surface area contributed by atoms with Crippen LogP contribution in [0.4, 0.5) is 0 Å². The van der Waals surface area contributed by atoms with Gasteiger partial charge in [-0.1, -0.05) is 42.5 Å². The molecule has 1 aromatic heterocycles. The van der Waals surface area contributed by atoms with Gasteiger partial charge in [-0.2, -0.15) is 0 Å². The Bertz CT molecular complexity index is 808. The molecule has 2 nitrogen and oxygen atoms in total. The van der Waals surface area contributed by atoms with Crippen LogP contribution in [-0.4, -0.2) is 13.9 Å². The minimum Gasteiger partial charge on any atom is -0.327 e. The molecule has 1 atom stereocenters. The zero-order valence-electron chi connectivity index (χ0n) is 12.0. The number of hydrogen-bond donors (Lipinski definition) is 0. The molecule has 0 radical (unpaired) electrons. The Morgan fingerprint density at radius 3 is 2.45 bits per heavy atom. The van der Waals surface area contributed by atoms with Gasteiger partial charge in [-0.15, -0.1) is 23.2 Å². The van der Waals surface area contributed by atoms with Gasteiger partial charge in [0.2, 0.25) is 0 Å². The summed E-state index contributed by atoms with van der Waals surface area (Å²) in [7, 11) is 0. The molecule has 0 amide bonds. The van der Waals surface area contributed by atoms with E-state index >= 15 is 0 Å². The molecule has 1 heterocycles. The van der Waals surface area contributed by atoms with Crippen molar-refractivity contribution in [2.75, 3.05) is 0 Å². The fourth-order valence-electron chi connectivity index (χ4n) is 2.93. The molecular formula is C18H16Cl2N2. The lowest BCUT2D eigenvalue weighted by atomic mass is 10.1. The Morgan fingerprint density at radius 2 is 1.73 bits per heavy atom. The fourth-order valence-corrected chi connectivity index (χ4v) is 3.44. The highest BCUT2D eigenvalue weighted by Gasteiger charge is 2.51. The number of alkyl halides is 2. The summed E-state index contributed by atoms with van der Waals surface area (Å²) in [5.41, 5.74) is 3.45. The molecule has 1 saturated carbocycles. The summed E-state index contributed by atoms with van der Waals surface area (Å²) in [6.45, 7) is 0.829. The van der Waals surface area contributed by atoms with Crippen molar-refractivity contribution >= 4 is 34.2 Å². The third kappa shape index (κ3) is 2.62. The third-order valence-corrected chi connectivity index (χ3v) is 5.22. The van der Waals surface area contributed by atoms with E-state index in [2.05, 4.69) is 41.0 Å². The Morgan fingerprint density at radius 1 is 1.05 bits per heavy atom. The van der Waals surface area contributed by atoms with E-state index in [-0.39, 0.29) is 0 Å². The number of aromatic nitrogens is 2. The quantitative estimate of drug-likeness (QED) is 0.627. The maximum atomic E-state index is 6.22. The molecule has 1 aliphatic rings. The van der Waals surface area contributed by atoms with Crippen LogP contribution in [-0.2, 0) is 13.0 Å². The van der Waals surface area contributed by atoms with Gasteiger partial charge in [0, 0.05) is 18.9 Å². The minimum atomic E-state index is -0.560. The van der Waals surface area contributed by atoms with Crippen LogP contribution in [0.5, 0.6) is 0 Å². The van der Waals surface area contributed by atoms with Gasteiger partial charge in [0.25, 0.3) is 0 Å². The topological polar surface area (TPSA) is 17.8 Å². The summed E-state index contributed by atoms with van der Waals surface area (Å²) in [5.74, 6) is 1.38. The second-order valence-electron chi connectivity index (χ2n) is 5.95. The molecule has 1 aliphatic carbocycles. The number of halogens is 2. The highest BCUT2D eigenvalue weighted by Crippen LogP contribution is 2.54. The van der Waals surface area contributed by atoms with Crippen molar-refractivity contribution in [3.63, 3.8) is 0 Å². The number of fused-ring (bicyclic) bond motifs is 1.